The standard InChI is InChI=1S/C17H18N4O10S2/c22-17(23)16(19-33(30,31)15-9-5-13(6-10-15)21(26)27)2-1-11-18-32(28,29)14-7-3-12(4-8-14)20(24)25/h3-10,16,18-19H,1-2,11H2,(H,22,23). The van der Waals surface area contributed by atoms with Gasteiger partial charge in [0.05, 0.1) is 19.6 Å². The summed E-state index contributed by atoms with van der Waals surface area (Å²) >= 11 is 0. The van der Waals surface area contributed by atoms with Crippen LogP contribution in [0.5, 0.6) is 0 Å². The summed E-state index contributed by atoms with van der Waals surface area (Å²) in [6.07, 6.45) is -0.337. The van der Waals surface area contributed by atoms with Gasteiger partial charge < -0.3 is 5.11 Å². The Bertz CT molecular complexity index is 1240. The van der Waals surface area contributed by atoms with Crippen molar-refractivity contribution in [2.45, 2.75) is 28.7 Å². The molecule has 1 unspecified atom stereocenters. The van der Waals surface area contributed by atoms with Crippen LogP contribution in [0.4, 0.5) is 11.4 Å². The number of aliphatic carboxylic acids is 1. The van der Waals surface area contributed by atoms with E-state index in [1.54, 1.807) is 0 Å². The van der Waals surface area contributed by atoms with E-state index < -0.39 is 41.9 Å². The lowest BCUT2D eigenvalue weighted by atomic mass is 10.2. The summed E-state index contributed by atoms with van der Waals surface area (Å²) in [6, 6.07) is 6.35. The lowest BCUT2D eigenvalue weighted by Gasteiger charge is -2.15. The van der Waals surface area contributed by atoms with Crippen molar-refractivity contribution >= 4 is 37.4 Å². The molecular weight excluding hydrogens is 484 g/mol. The molecule has 0 aliphatic carbocycles. The Morgan fingerprint density at radius 2 is 1.27 bits per heavy atom. The number of carboxylic acids is 1. The number of sulfonamides is 2. The first-order valence-electron chi connectivity index (χ1n) is 9.07. The molecule has 0 amide bonds. The molecule has 0 saturated carbocycles. The molecule has 0 aromatic heterocycles. The molecule has 33 heavy (non-hydrogen) atoms. The zero-order valence-electron chi connectivity index (χ0n) is 16.6. The van der Waals surface area contributed by atoms with Gasteiger partial charge in [-0.2, -0.15) is 4.72 Å². The van der Waals surface area contributed by atoms with E-state index in [-0.39, 0.29) is 40.6 Å². The summed E-state index contributed by atoms with van der Waals surface area (Å²) in [4.78, 5) is 30.7. The van der Waals surface area contributed by atoms with Crippen LogP contribution in [0, 0.1) is 20.2 Å². The number of carboxylic acid groups (broad SMARTS) is 1. The molecule has 3 N–H and O–H groups in total. The number of nitro groups is 2. The maximum absolute atomic E-state index is 12.4. The molecule has 2 aromatic carbocycles. The Balaban J connectivity index is 1.97. The zero-order chi connectivity index (χ0) is 24.8. The number of non-ortho nitro benzene ring substituents is 2. The average Bonchev–Trinajstić information content (AvgIpc) is 2.75. The molecule has 1 atom stereocenters. The van der Waals surface area contributed by atoms with Gasteiger partial charge in [0.1, 0.15) is 6.04 Å². The Morgan fingerprint density at radius 1 is 0.848 bits per heavy atom. The number of hydrogen-bond acceptors (Lipinski definition) is 9. The summed E-state index contributed by atoms with van der Waals surface area (Å²) in [5.41, 5.74) is -0.636. The Hall–Kier alpha value is -3.47. The smallest absolute Gasteiger partial charge is 0.321 e. The van der Waals surface area contributed by atoms with Crippen LogP contribution in [-0.2, 0) is 24.8 Å². The maximum Gasteiger partial charge on any atom is 0.321 e. The van der Waals surface area contributed by atoms with E-state index in [9.17, 15) is 47.0 Å². The number of nitro benzene ring substituents is 2. The van der Waals surface area contributed by atoms with E-state index in [0.29, 0.717) is 0 Å². The fourth-order valence-electron chi connectivity index (χ4n) is 2.58. The second kappa shape index (κ2) is 10.4. The molecule has 14 nitrogen and oxygen atoms in total. The first-order chi connectivity index (χ1) is 15.3. The van der Waals surface area contributed by atoms with Gasteiger partial charge in [-0.25, -0.2) is 21.6 Å². The van der Waals surface area contributed by atoms with Gasteiger partial charge in [-0.15, -0.1) is 0 Å². The molecule has 16 heteroatoms. The number of carbonyl (C=O) groups is 1. The number of nitrogens with one attached hydrogen (secondary N) is 2. The van der Waals surface area contributed by atoms with Gasteiger partial charge in [-0.1, -0.05) is 0 Å². The first kappa shape index (κ1) is 25.8. The minimum Gasteiger partial charge on any atom is -0.480 e. The van der Waals surface area contributed by atoms with Crippen molar-refractivity contribution in [1.82, 2.24) is 9.44 Å². The van der Waals surface area contributed by atoms with Gasteiger partial charge in [-0.05, 0) is 37.1 Å². The summed E-state index contributed by atoms with van der Waals surface area (Å²) in [7, 11) is -8.34. The maximum atomic E-state index is 12.4. The molecular formula is C17H18N4O10S2. The molecule has 0 aliphatic rings. The Morgan fingerprint density at radius 3 is 1.67 bits per heavy atom. The third-order valence-electron chi connectivity index (χ3n) is 4.27. The van der Waals surface area contributed by atoms with E-state index >= 15 is 0 Å². The Labute approximate surface area is 187 Å². The average molecular weight is 502 g/mol. The van der Waals surface area contributed by atoms with E-state index in [0.717, 1.165) is 48.5 Å². The molecule has 0 spiro atoms. The number of nitrogens with zero attached hydrogens (tertiary/aromatic N) is 2. The van der Waals surface area contributed by atoms with Gasteiger partial charge in [0, 0.05) is 30.8 Å². The van der Waals surface area contributed by atoms with Gasteiger partial charge in [0.2, 0.25) is 20.0 Å². The monoisotopic (exact) mass is 502 g/mol. The second-order valence-electron chi connectivity index (χ2n) is 6.55. The summed E-state index contributed by atoms with van der Waals surface area (Å²) in [5.74, 6) is -1.50. The van der Waals surface area contributed by atoms with Crippen LogP contribution >= 0.6 is 0 Å². The highest BCUT2D eigenvalue weighted by Crippen LogP contribution is 2.17. The van der Waals surface area contributed by atoms with Gasteiger partial charge in [0.15, 0.2) is 0 Å². The molecule has 2 aromatic rings. The SMILES string of the molecule is O=C(O)C(CCCNS(=O)(=O)c1ccc([N+](=O)[O-])cc1)NS(=O)(=O)c1ccc([N+](=O)[O-])cc1. The van der Waals surface area contributed by atoms with Gasteiger partial charge >= 0.3 is 5.97 Å². The van der Waals surface area contributed by atoms with Crippen molar-refractivity contribution in [3.63, 3.8) is 0 Å². The summed E-state index contributed by atoms with van der Waals surface area (Å²) in [6.45, 7) is -0.234. The highest BCUT2D eigenvalue weighted by Gasteiger charge is 2.26. The molecule has 0 saturated heterocycles. The third kappa shape index (κ3) is 7.01. The molecule has 0 bridgehead atoms. The van der Waals surface area contributed by atoms with Crippen molar-refractivity contribution in [2.24, 2.45) is 0 Å². The largest absolute Gasteiger partial charge is 0.480 e. The van der Waals surface area contributed by atoms with Gasteiger partial charge in [0.25, 0.3) is 11.4 Å². The number of hydrogen-bond donors (Lipinski definition) is 3. The molecule has 2 rings (SSSR count). The van der Waals surface area contributed by atoms with Crippen LogP contribution in [-0.4, -0.2) is 50.3 Å². The summed E-state index contributed by atoms with van der Waals surface area (Å²) < 4.78 is 53.4. The van der Waals surface area contributed by atoms with Crippen molar-refractivity contribution in [2.75, 3.05) is 6.54 Å². The molecule has 0 heterocycles. The molecule has 0 fully saturated rings. The lowest BCUT2D eigenvalue weighted by Crippen LogP contribution is -2.41. The van der Waals surface area contributed by atoms with Crippen LogP contribution in [0.15, 0.2) is 58.3 Å². The highest BCUT2D eigenvalue weighted by atomic mass is 32.2. The zero-order valence-corrected chi connectivity index (χ0v) is 18.3. The van der Waals surface area contributed by atoms with E-state index in [4.69, 9.17) is 0 Å². The van der Waals surface area contributed by atoms with Crippen LogP contribution in [0.3, 0.4) is 0 Å². The fourth-order valence-corrected chi connectivity index (χ4v) is 4.88. The normalized spacial score (nSPS) is 12.7. The van der Waals surface area contributed by atoms with Crippen LogP contribution in [0.1, 0.15) is 12.8 Å². The highest BCUT2D eigenvalue weighted by molar-refractivity contribution is 7.89. The minimum absolute atomic E-state index is 0.0635. The summed E-state index contributed by atoms with van der Waals surface area (Å²) in [5, 5.41) is 30.6. The quantitative estimate of drug-likeness (QED) is 0.212. The lowest BCUT2D eigenvalue weighted by molar-refractivity contribution is -0.385. The topological polar surface area (TPSA) is 216 Å². The fraction of sp³-hybridized carbons (Fsp3) is 0.235. The van der Waals surface area contributed by atoms with Crippen LogP contribution in [0.2, 0.25) is 0 Å². The number of benzene rings is 2. The van der Waals surface area contributed by atoms with Crippen LogP contribution < -0.4 is 9.44 Å². The van der Waals surface area contributed by atoms with Crippen molar-refractivity contribution in [1.29, 1.82) is 0 Å². The predicted molar refractivity (Wildman–Crippen MR) is 112 cm³/mol. The molecule has 0 aliphatic heterocycles. The Kier molecular flexibility index (Phi) is 8.15. The predicted octanol–water partition coefficient (Wildman–Crippen LogP) is 0.993. The van der Waals surface area contributed by atoms with E-state index in [1.807, 2.05) is 4.72 Å². The minimum atomic E-state index is -4.31. The van der Waals surface area contributed by atoms with Crippen LogP contribution in [0.25, 0.3) is 0 Å². The second-order valence-corrected chi connectivity index (χ2v) is 10.0. The first-order valence-corrected chi connectivity index (χ1v) is 12.0. The number of rotatable bonds is 12. The molecule has 0 radical (unpaired) electrons. The third-order valence-corrected chi connectivity index (χ3v) is 7.24. The van der Waals surface area contributed by atoms with E-state index in [2.05, 4.69) is 4.72 Å². The van der Waals surface area contributed by atoms with Crippen molar-refractivity contribution < 1.29 is 36.6 Å². The van der Waals surface area contributed by atoms with E-state index in [1.165, 1.54) is 0 Å². The van der Waals surface area contributed by atoms with Crippen molar-refractivity contribution in [3.05, 3.63) is 68.8 Å². The molecule has 178 valence electrons. The van der Waals surface area contributed by atoms with Crippen molar-refractivity contribution in [3.8, 4) is 0 Å². The van der Waals surface area contributed by atoms with Gasteiger partial charge in [-0.3, -0.25) is 25.0 Å².